The lowest BCUT2D eigenvalue weighted by Gasteiger charge is -1.97. The molecule has 0 atom stereocenters. The van der Waals surface area contributed by atoms with Crippen molar-refractivity contribution in [3.63, 3.8) is 0 Å². The van der Waals surface area contributed by atoms with E-state index in [-0.39, 0.29) is 11.3 Å². The molecule has 0 aliphatic carbocycles. The van der Waals surface area contributed by atoms with Crippen molar-refractivity contribution in [2.24, 2.45) is 0 Å². The minimum absolute atomic E-state index is 0.0783. The highest BCUT2D eigenvalue weighted by atomic mass is 127. The number of phenolic OH excluding ortho intramolecular Hbond substituents is 1. The summed E-state index contributed by atoms with van der Waals surface area (Å²) in [5, 5.41) is 8.46. The Hall–Kier alpha value is -0.290. The molecule has 4 heteroatoms. The molecular formula is C7H4ClIO2. The minimum Gasteiger partial charge on any atom is -0.507 e. The first-order chi connectivity index (χ1) is 5.11. The molecule has 0 aliphatic heterocycles. The largest absolute Gasteiger partial charge is 0.507 e. The predicted molar refractivity (Wildman–Crippen MR) is 51.0 cm³/mol. The van der Waals surface area contributed by atoms with Crippen LogP contribution in [0, 0.1) is 3.57 Å². The van der Waals surface area contributed by atoms with Gasteiger partial charge in [0.2, 0.25) is 0 Å². The summed E-state index contributed by atoms with van der Waals surface area (Å²) in [5.74, 6) is -0.0783. The average molecular weight is 282 g/mol. The maximum atomic E-state index is 10.6. The van der Waals surface area contributed by atoms with Crippen LogP contribution < -0.4 is 0 Å². The fraction of sp³-hybridized carbons (Fsp3) is 0. The molecule has 0 radical (unpaired) electrons. The summed E-state index contributed by atoms with van der Waals surface area (Å²) in [6.45, 7) is 0. The molecule has 0 fully saturated rings. The Bertz CT molecular complexity index is 298. The standard InChI is InChI=1S/C7H4ClIO2/c8-7(11)5-3-4(9)1-2-6(5)10/h1-3,10H. The normalized spacial score (nSPS) is 9.64. The smallest absolute Gasteiger partial charge is 0.256 e. The third-order valence-corrected chi connectivity index (χ3v) is 2.04. The van der Waals surface area contributed by atoms with Gasteiger partial charge in [-0.2, -0.15) is 0 Å². The van der Waals surface area contributed by atoms with E-state index in [1.54, 1.807) is 6.07 Å². The Kier molecular flexibility index (Phi) is 2.72. The van der Waals surface area contributed by atoms with E-state index in [1.807, 2.05) is 22.6 Å². The van der Waals surface area contributed by atoms with Crippen molar-refractivity contribution >= 4 is 39.4 Å². The van der Waals surface area contributed by atoms with E-state index in [4.69, 9.17) is 16.7 Å². The molecule has 0 saturated carbocycles. The summed E-state index contributed by atoms with van der Waals surface area (Å²) in [7, 11) is 0. The fourth-order valence-corrected chi connectivity index (χ4v) is 1.31. The summed E-state index contributed by atoms with van der Waals surface area (Å²) >= 11 is 7.21. The molecule has 1 aromatic rings. The molecule has 1 N–H and O–H groups in total. The van der Waals surface area contributed by atoms with Crippen LogP contribution in [0.1, 0.15) is 10.4 Å². The molecule has 58 valence electrons. The topological polar surface area (TPSA) is 37.3 Å². The average Bonchev–Trinajstić information content (AvgIpc) is 1.94. The summed E-state index contributed by atoms with van der Waals surface area (Å²) in [6, 6.07) is 4.67. The summed E-state index contributed by atoms with van der Waals surface area (Å²) in [6.07, 6.45) is 0. The maximum Gasteiger partial charge on any atom is 0.256 e. The number of hydrogen-bond donors (Lipinski definition) is 1. The number of benzene rings is 1. The molecule has 0 saturated heterocycles. The van der Waals surface area contributed by atoms with E-state index in [0.717, 1.165) is 3.57 Å². The molecule has 0 spiro atoms. The Morgan fingerprint density at radius 3 is 2.64 bits per heavy atom. The van der Waals surface area contributed by atoms with Gasteiger partial charge in [0.15, 0.2) is 0 Å². The Morgan fingerprint density at radius 2 is 2.18 bits per heavy atom. The predicted octanol–water partition coefficient (Wildman–Crippen LogP) is 2.38. The van der Waals surface area contributed by atoms with Crippen LogP contribution >= 0.6 is 34.2 Å². The first-order valence-corrected chi connectivity index (χ1v) is 4.25. The quantitative estimate of drug-likeness (QED) is 0.634. The molecular weight excluding hydrogens is 278 g/mol. The van der Waals surface area contributed by atoms with Crippen LogP contribution in [0.2, 0.25) is 0 Å². The third-order valence-electron chi connectivity index (χ3n) is 1.17. The van der Waals surface area contributed by atoms with E-state index in [9.17, 15) is 4.79 Å². The van der Waals surface area contributed by atoms with Crippen LogP contribution in [0.25, 0.3) is 0 Å². The van der Waals surface area contributed by atoms with Crippen LogP contribution in [0.5, 0.6) is 5.75 Å². The van der Waals surface area contributed by atoms with Crippen molar-refractivity contribution in [1.29, 1.82) is 0 Å². The van der Waals surface area contributed by atoms with E-state index in [1.165, 1.54) is 12.1 Å². The van der Waals surface area contributed by atoms with E-state index >= 15 is 0 Å². The van der Waals surface area contributed by atoms with E-state index in [0.29, 0.717) is 0 Å². The molecule has 1 rings (SSSR count). The highest BCUT2D eigenvalue weighted by molar-refractivity contribution is 14.1. The maximum absolute atomic E-state index is 10.6. The Labute approximate surface area is 82.3 Å². The number of hydrogen-bond acceptors (Lipinski definition) is 2. The first-order valence-electron chi connectivity index (χ1n) is 2.79. The summed E-state index contributed by atoms with van der Waals surface area (Å²) in [4.78, 5) is 10.6. The number of carbonyl (C=O) groups excluding carboxylic acids is 1. The Morgan fingerprint density at radius 1 is 1.55 bits per heavy atom. The van der Waals surface area contributed by atoms with Gasteiger partial charge in [0.1, 0.15) is 5.75 Å². The molecule has 0 bridgehead atoms. The third kappa shape index (κ3) is 2.07. The molecule has 0 aliphatic rings. The molecule has 2 nitrogen and oxygen atoms in total. The SMILES string of the molecule is O=C(Cl)c1cc(I)ccc1O. The molecule has 11 heavy (non-hydrogen) atoms. The van der Waals surface area contributed by atoms with Gasteiger partial charge in [-0.3, -0.25) is 4.79 Å². The van der Waals surface area contributed by atoms with Gasteiger partial charge in [0, 0.05) is 3.57 Å². The lowest BCUT2D eigenvalue weighted by atomic mass is 10.2. The molecule has 0 aromatic heterocycles. The fourth-order valence-electron chi connectivity index (χ4n) is 0.666. The van der Waals surface area contributed by atoms with Gasteiger partial charge in [-0.05, 0) is 52.4 Å². The van der Waals surface area contributed by atoms with Crippen LogP contribution in [0.3, 0.4) is 0 Å². The van der Waals surface area contributed by atoms with Crippen molar-refractivity contribution in [3.05, 3.63) is 27.3 Å². The van der Waals surface area contributed by atoms with Crippen LogP contribution in [-0.4, -0.2) is 10.3 Å². The van der Waals surface area contributed by atoms with Crippen molar-refractivity contribution in [2.75, 3.05) is 0 Å². The lowest BCUT2D eigenvalue weighted by Crippen LogP contribution is -1.89. The number of aromatic hydroxyl groups is 1. The van der Waals surface area contributed by atoms with Crippen LogP contribution in [-0.2, 0) is 0 Å². The molecule has 0 amide bonds. The number of halogens is 2. The monoisotopic (exact) mass is 282 g/mol. The van der Waals surface area contributed by atoms with Gasteiger partial charge in [0.25, 0.3) is 5.24 Å². The second-order valence-electron chi connectivity index (χ2n) is 1.94. The van der Waals surface area contributed by atoms with Gasteiger partial charge in [-0.1, -0.05) is 0 Å². The van der Waals surface area contributed by atoms with Gasteiger partial charge in [-0.15, -0.1) is 0 Å². The number of carbonyl (C=O) groups is 1. The van der Waals surface area contributed by atoms with Crippen molar-refractivity contribution in [3.8, 4) is 5.75 Å². The summed E-state index contributed by atoms with van der Waals surface area (Å²) < 4.78 is 0.865. The number of rotatable bonds is 1. The second kappa shape index (κ2) is 3.40. The van der Waals surface area contributed by atoms with Gasteiger partial charge in [-0.25, -0.2) is 0 Å². The summed E-state index contributed by atoms with van der Waals surface area (Å²) in [5.41, 5.74) is 0.151. The zero-order chi connectivity index (χ0) is 8.43. The van der Waals surface area contributed by atoms with Gasteiger partial charge in [0.05, 0.1) is 5.56 Å². The zero-order valence-corrected chi connectivity index (χ0v) is 8.26. The highest BCUT2D eigenvalue weighted by Gasteiger charge is 2.07. The highest BCUT2D eigenvalue weighted by Crippen LogP contribution is 2.20. The van der Waals surface area contributed by atoms with E-state index < -0.39 is 5.24 Å². The first kappa shape index (κ1) is 8.80. The van der Waals surface area contributed by atoms with E-state index in [2.05, 4.69) is 0 Å². The van der Waals surface area contributed by atoms with Crippen LogP contribution in [0.4, 0.5) is 0 Å². The van der Waals surface area contributed by atoms with Gasteiger partial charge >= 0.3 is 0 Å². The van der Waals surface area contributed by atoms with Gasteiger partial charge < -0.3 is 5.11 Å². The molecule has 0 unspecified atom stereocenters. The second-order valence-corrected chi connectivity index (χ2v) is 3.52. The van der Waals surface area contributed by atoms with Crippen molar-refractivity contribution in [2.45, 2.75) is 0 Å². The Balaban J connectivity index is 3.23. The molecule has 0 heterocycles. The lowest BCUT2D eigenvalue weighted by molar-refractivity contribution is 0.107. The minimum atomic E-state index is -0.638. The van der Waals surface area contributed by atoms with Crippen molar-refractivity contribution in [1.82, 2.24) is 0 Å². The molecule has 1 aromatic carbocycles. The zero-order valence-electron chi connectivity index (χ0n) is 5.34. The number of phenols is 1. The van der Waals surface area contributed by atoms with Crippen LogP contribution in [0.15, 0.2) is 18.2 Å². The van der Waals surface area contributed by atoms with Crippen molar-refractivity contribution < 1.29 is 9.90 Å².